The molecule has 0 amide bonds. The van der Waals surface area contributed by atoms with Crippen molar-refractivity contribution in [3.8, 4) is 0 Å². The third kappa shape index (κ3) is 5.98. The first-order valence-corrected chi connectivity index (χ1v) is 5.02. The Balaban J connectivity index is 2.95. The van der Waals surface area contributed by atoms with E-state index < -0.39 is 9.04 Å². The molecule has 0 aliphatic carbocycles. The average molecular weight is 148 g/mol. The maximum absolute atomic E-state index is 9.07. The van der Waals surface area contributed by atoms with Crippen LogP contribution in [0.4, 0.5) is 0 Å². The van der Waals surface area contributed by atoms with Gasteiger partial charge in [0, 0.05) is 6.61 Å². The van der Waals surface area contributed by atoms with Gasteiger partial charge < -0.3 is 15.6 Å². The van der Waals surface area contributed by atoms with Crippen molar-refractivity contribution in [1.82, 2.24) is 0 Å². The van der Waals surface area contributed by atoms with Crippen molar-refractivity contribution in [2.24, 2.45) is 5.73 Å². The Bertz CT molecular complexity index is 62.9. The van der Waals surface area contributed by atoms with Crippen molar-refractivity contribution in [2.75, 3.05) is 13.2 Å². The molecule has 0 bridgehead atoms. The highest BCUT2D eigenvalue weighted by Gasteiger charge is 2.04. The van der Waals surface area contributed by atoms with Gasteiger partial charge in [0.1, 0.15) is 0 Å². The van der Waals surface area contributed by atoms with Crippen LogP contribution in [-0.2, 0) is 0 Å². The van der Waals surface area contributed by atoms with Gasteiger partial charge in [0.05, 0.1) is 0 Å². The standard InChI is InChI=1S/C5H14NO2Si/c6-2-1-4-9(8)5-3-7/h7-8H,1-6H2. The van der Waals surface area contributed by atoms with Crippen LogP contribution >= 0.6 is 0 Å². The summed E-state index contributed by atoms with van der Waals surface area (Å²) in [6.45, 7) is 0.746. The summed E-state index contributed by atoms with van der Waals surface area (Å²) in [6, 6.07) is 1.38. The molecule has 0 saturated heterocycles. The molecule has 4 N–H and O–H groups in total. The molecule has 1 radical (unpaired) electrons. The van der Waals surface area contributed by atoms with E-state index in [1.54, 1.807) is 0 Å². The Morgan fingerprint density at radius 1 is 1.33 bits per heavy atom. The lowest BCUT2D eigenvalue weighted by Crippen LogP contribution is -2.14. The van der Waals surface area contributed by atoms with E-state index >= 15 is 0 Å². The molecule has 0 heterocycles. The van der Waals surface area contributed by atoms with Gasteiger partial charge in [0.25, 0.3) is 0 Å². The fraction of sp³-hybridized carbons (Fsp3) is 1.00. The van der Waals surface area contributed by atoms with Crippen molar-refractivity contribution in [3.05, 3.63) is 0 Å². The molecule has 0 unspecified atom stereocenters. The zero-order valence-corrected chi connectivity index (χ0v) is 6.51. The molecule has 0 saturated carbocycles. The second-order valence-corrected chi connectivity index (χ2v) is 4.06. The monoisotopic (exact) mass is 148 g/mol. The first kappa shape index (κ1) is 9.10. The average Bonchev–Trinajstić information content (AvgIpc) is 1.85. The summed E-state index contributed by atoms with van der Waals surface area (Å²) in [5.41, 5.74) is 5.22. The number of nitrogens with two attached hydrogens (primary N) is 1. The fourth-order valence-electron chi connectivity index (χ4n) is 0.560. The molecule has 0 aromatic heterocycles. The molecule has 0 rings (SSSR count). The summed E-state index contributed by atoms with van der Waals surface area (Å²) in [5.74, 6) is 0. The van der Waals surface area contributed by atoms with Crippen LogP contribution in [0.5, 0.6) is 0 Å². The van der Waals surface area contributed by atoms with Gasteiger partial charge in [0.15, 0.2) is 0 Å². The van der Waals surface area contributed by atoms with Crippen molar-refractivity contribution in [3.63, 3.8) is 0 Å². The molecule has 0 aromatic carbocycles. The summed E-state index contributed by atoms with van der Waals surface area (Å²) in [7, 11) is -1.23. The van der Waals surface area contributed by atoms with Crippen LogP contribution in [0.25, 0.3) is 0 Å². The highest BCUT2D eigenvalue weighted by Crippen LogP contribution is 1.97. The molecule has 9 heavy (non-hydrogen) atoms. The summed E-state index contributed by atoms with van der Waals surface area (Å²) >= 11 is 0. The molecule has 3 nitrogen and oxygen atoms in total. The first-order chi connectivity index (χ1) is 4.31. The largest absolute Gasteiger partial charge is 0.431 e. The quantitative estimate of drug-likeness (QED) is 0.452. The molecular weight excluding hydrogens is 134 g/mol. The lowest BCUT2D eigenvalue weighted by atomic mass is 10.5. The SMILES string of the molecule is NCCC[Si](O)CCO. The van der Waals surface area contributed by atoms with E-state index in [-0.39, 0.29) is 6.61 Å². The van der Waals surface area contributed by atoms with E-state index in [1.165, 1.54) is 0 Å². The predicted octanol–water partition coefficient (Wildman–Crippen LogP) is -0.689. The van der Waals surface area contributed by atoms with E-state index in [1.807, 2.05) is 0 Å². The number of rotatable bonds is 5. The molecule has 0 aliphatic rings. The molecule has 55 valence electrons. The number of hydrogen-bond acceptors (Lipinski definition) is 3. The highest BCUT2D eigenvalue weighted by molar-refractivity contribution is 6.50. The van der Waals surface area contributed by atoms with Crippen LogP contribution in [0.2, 0.25) is 12.1 Å². The predicted molar refractivity (Wildman–Crippen MR) is 38.3 cm³/mol. The number of aliphatic hydroxyl groups excluding tert-OH is 1. The zero-order valence-electron chi connectivity index (χ0n) is 5.51. The maximum atomic E-state index is 9.07. The van der Waals surface area contributed by atoms with Crippen molar-refractivity contribution in [1.29, 1.82) is 0 Å². The molecular formula is C5H14NO2Si. The second kappa shape index (κ2) is 6.22. The van der Waals surface area contributed by atoms with Gasteiger partial charge in [-0.2, -0.15) is 0 Å². The van der Waals surface area contributed by atoms with Crippen LogP contribution in [0.15, 0.2) is 0 Å². The van der Waals surface area contributed by atoms with Crippen LogP contribution in [0.3, 0.4) is 0 Å². The maximum Gasteiger partial charge on any atom is 0.209 e. The van der Waals surface area contributed by atoms with E-state index in [0.717, 1.165) is 12.5 Å². The van der Waals surface area contributed by atoms with E-state index in [4.69, 9.17) is 15.6 Å². The van der Waals surface area contributed by atoms with Gasteiger partial charge >= 0.3 is 0 Å². The van der Waals surface area contributed by atoms with Crippen molar-refractivity contribution in [2.45, 2.75) is 18.5 Å². The number of aliphatic hydroxyl groups is 1. The van der Waals surface area contributed by atoms with Crippen LogP contribution in [0.1, 0.15) is 6.42 Å². The van der Waals surface area contributed by atoms with Crippen molar-refractivity contribution < 1.29 is 9.90 Å². The minimum Gasteiger partial charge on any atom is -0.431 e. The normalized spacial score (nSPS) is 10.7. The van der Waals surface area contributed by atoms with Crippen LogP contribution in [0, 0.1) is 0 Å². The van der Waals surface area contributed by atoms with Gasteiger partial charge in [-0.1, -0.05) is 0 Å². The zero-order chi connectivity index (χ0) is 7.11. The van der Waals surface area contributed by atoms with E-state index in [2.05, 4.69) is 0 Å². The summed E-state index contributed by atoms with van der Waals surface area (Å²) < 4.78 is 0. The third-order valence-corrected chi connectivity index (χ3v) is 2.80. The summed E-state index contributed by atoms with van der Waals surface area (Å²) in [4.78, 5) is 9.07. The van der Waals surface area contributed by atoms with Gasteiger partial charge in [-0.3, -0.25) is 0 Å². The molecule has 0 spiro atoms. The lowest BCUT2D eigenvalue weighted by Gasteiger charge is -2.02. The Kier molecular flexibility index (Phi) is 6.29. The topological polar surface area (TPSA) is 66.5 Å². The third-order valence-electron chi connectivity index (χ3n) is 1.07. The Hall–Kier alpha value is 0.0969. The highest BCUT2D eigenvalue weighted by atomic mass is 28.3. The first-order valence-electron chi connectivity index (χ1n) is 3.16. The number of hydrogen-bond donors (Lipinski definition) is 3. The molecule has 0 aliphatic heterocycles. The second-order valence-electron chi connectivity index (χ2n) is 1.93. The van der Waals surface area contributed by atoms with Crippen molar-refractivity contribution >= 4 is 9.04 Å². The smallest absolute Gasteiger partial charge is 0.209 e. The lowest BCUT2D eigenvalue weighted by molar-refractivity contribution is 0.312. The van der Waals surface area contributed by atoms with E-state index in [9.17, 15) is 0 Å². The van der Waals surface area contributed by atoms with Gasteiger partial charge in [-0.25, -0.2) is 0 Å². The minimum atomic E-state index is -1.23. The summed E-state index contributed by atoms with van der Waals surface area (Å²) in [5, 5.41) is 8.37. The molecule has 0 fully saturated rings. The fourth-order valence-corrected chi connectivity index (χ4v) is 1.68. The Morgan fingerprint density at radius 2 is 2.00 bits per heavy atom. The van der Waals surface area contributed by atoms with Crippen LogP contribution in [-0.4, -0.2) is 32.1 Å². The molecule has 0 aromatic rings. The van der Waals surface area contributed by atoms with Crippen LogP contribution < -0.4 is 5.73 Å². The Morgan fingerprint density at radius 3 is 2.44 bits per heavy atom. The summed E-state index contributed by atoms with van der Waals surface area (Å²) in [6.07, 6.45) is 0.880. The van der Waals surface area contributed by atoms with Gasteiger partial charge in [-0.15, -0.1) is 0 Å². The van der Waals surface area contributed by atoms with E-state index in [0.29, 0.717) is 12.6 Å². The minimum absolute atomic E-state index is 0.107. The molecule has 4 heteroatoms. The van der Waals surface area contributed by atoms with Gasteiger partial charge in [0.2, 0.25) is 9.04 Å². The van der Waals surface area contributed by atoms with Gasteiger partial charge in [-0.05, 0) is 25.1 Å². The molecule has 0 atom stereocenters. The Labute approximate surface area is 57.2 Å².